The summed E-state index contributed by atoms with van der Waals surface area (Å²) in [4.78, 5) is 19.0. The second kappa shape index (κ2) is 6.05. The van der Waals surface area contributed by atoms with Gasteiger partial charge in [0.15, 0.2) is 0 Å². The monoisotopic (exact) mass is 290 g/mol. The SMILES string of the molecule is Cc1cc(C)c(C(=O)O)c(N(C)CCc2cccs2)n1. The van der Waals surface area contributed by atoms with Gasteiger partial charge < -0.3 is 10.0 Å². The van der Waals surface area contributed by atoms with E-state index in [1.165, 1.54) is 4.88 Å². The molecule has 0 unspecified atom stereocenters. The fourth-order valence-electron chi connectivity index (χ4n) is 2.20. The molecule has 0 aliphatic heterocycles. The van der Waals surface area contributed by atoms with Crippen molar-refractivity contribution in [2.75, 3.05) is 18.5 Å². The third-order valence-corrected chi connectivity index (χ3v) is 4.11. The Kier molecular flexibility index (Phi) is 4.39. The van der Waals surface area contributed by atoms with Gasteiger partial charge in [-0.1, -0.05) is 6.07 Å². The third-order valence-electron chi connectivity index (χ3n) is 3.17. The van der Waals surface area contributed by atoms with Crippen molar-refractivity contribution in [2.45, 2.75) is 20.3 Å². The van der Waals surface area contributed by atoms with Gasteiger partial charge in [0.25, 0.3) is 0 Å². The summed E-state index contributed by atoms with van der Waals surface area (Å²) in [7, 11) is 1.89. The molecule has 0 fully saturated rings. The summed E-state index contributed by atoms with van der Waals surface area (Å²) in [5.74, 6) is -0.375. The number of aryl methyl sites for hydroxylation is 2. The first-order valence-corrected chi connectivity index (χ1v) is 7.32. The van der Waals surface area contributed by atoms with E-state index in [1.807, 2.05) is 37.2 Å². The molecule has 0 aliphatic rings. The van der Waals surface area contributed by atoms with Gasteiger partial charge in [-0.15, -0.1) is 11.3 Å². The topological polar surface area (TPSA) is 53.4 Å². The van der Waals surface area contributed by atoms with Gasteiger partial charge in [-0.05, 0) is 43.3 Å². The predicted octanol–water partition coefficient (Wildman–Crippen LogP) is 3.14. The summed E-state index contributed by atoms with van der Waals surface area (Å²) in [5, 5.41) is 11.4. The number of aromatic carboxylic acids is 1. The van der Waals surface area contributed by atoms with E-state index in [1.54, 1.807) is 17.4 Å². The lowest BCUT2D eigenvalue weighted by atomic mass is 10.1. The van der Waals surface area contributed by atoms with E-state index in [-0.39, 0.29) is 0 Å². The summed E-state index contributed by atoms with van der Waals surface area (Å²) in [6.07, 6.45) is 0.891. The minimum absolute atomic E-state index is 0.296. The molecule has 0 aromatic carbocycles. The standard InChI is InChI=1S/C15H18N2O2S/c1-10-9-11(2)16-14(13(10)15(18)19)17(3)7-6-12-5-4-8-20-12/h4-5,8-9H,6-7H2,1-3H3,(H,18,19). The number of anilines is 1. The molecule has 0 saturated heterocycles. The molecule has 0 atom stereocenters. The number of hydrogen-bond acceptors (Lipinski definition) is 4. The number of aromatic nitrogens is 1. The van der Waals surface area contributed by atoms with E-state index in [2.05, 4.69) is 11.1 Å². The third kappa shape index (κ3) is 3.17. The van der Waals surface area contributed by atoms with Gasteiger partial charge >= 0.3 is 5.97 Å². The van der Waals surface area contributed by atoms with Crippen molar-refractivity contribution in [3.05, 3.63) is 45.3 Å². The van der Waals surface area contributed by atoms with Gasteiger partial charge in [0.1, 0.15) is 11.4 Å². The van der Waals surface area contributed by atoms with Gasteiger partial charge in [-0.25, -0.2) is 9.78 Å². The molecule has 0 amide bonds. The van der Waals surface area contributed by atoms with Crippen LogP contribution in [0.2, 0.25) is 0 Å². The molecule has 4 nitrogen and oxygen atoms in total. The minimum atomic E-state index is -0.923. The van der Waals surface area contributed by atoms with Gasteiger partial charge in [0.2, 0.25) is 0 Å². The molecule has 2 aromatic heterocycles. The van der Waals surface area contributed by atoms with E-state index >= 15 is 0 Å². The lowest BCUT2D eigenvalue weighted by Crippen LogP contribution is -2.24. The number of likely N-dealkylation sites (N-methyl/N-ethyl adjacent to an activating group) is 1. The van der Waals surface area contributed by atoms with Crippen molar-refractivity contribution < 1.29 is 9.90 Å². The first-order valence-electron chi connectivity index (χ1n) is 6.44. The minimum Gasteiger partial charge on any atom is -0.478 e. The molecule has 20 heavy (non-hydrogen) atoms. The van der Waals surface area contributed by atoms with E-state index in [0.29, 0.717) is 11.4 Å². The number of nitrogens with zero attached hydrogens (tertiary/aromatic N) is 2. The van der Waals surface area contributed by atoms with Crippen LogP contribution >= 0.6 is 11.3 Å². The summed E-state index contributed by atoms with van der Waals surface area (Å²) in [5.41, 5.74) is 1.89. The Hall–Kier alpha value is -1.88. The van der Waals surface area contributed by atoms with Gasteiger partial charge in [-0.3, -0.25) is 0 Å². The zero-order valence-electron chi connectivity index (χ0n) is 11.9. The zero-order valence-corrected chi connectivity index (χ0v) is 12.7. The molecule has 0 spiro atoms. The van der Waals surface area contributed by atoms with E-state index < -0.39 is 5.97 Å². The first-order chi connectivity index (χ1) is 9.49. The fraction of sp³-hybridized carbons (Fsp3) is 0.333. The van der Waals surface area contributed by atoms with Crippen LogP contribution in [-0.2, 0) is 6.42 Å². The Balaban J connectivity index is 2.24. The molecule has 0 bridgehead atoms. The number of carboxylic acid groups (broad SMARTS) is 1. The highest BCUT2D eigenvalue weighted by molar-refractivity contribution is 7.09. The molecule has 2 aromatic rings. The van der Waals surface area contributed by atoms with E-state index in [9.17, 15) is 9.90 Å². The van der Waals surface area contributed by atoms with E-state index in [0.717, 1.165) is 24.2 Å². The number of pyridine rings is 1. The summed E-state index contributed by atoms with van der Waals surface area (Å²) >= 11 is 1.71. The Morgan fingerprint density at radius 3 is 2.80 bits per heavy atom. The Morgan fingerprint density at radius 2 is 2.20 bits per heavy atom. The molecule has 0 aliphatic carbocycles. The maximum atomic E-state index is 11.4. The Labute approximate surface area is 122 Å². The molecular formula is C15H18N2O2S. The largest absolute Gasteiger partial charge is 0.478 e. The Bertz CT molecular complexity index is 609. The Morgan fingerprint density at radius 1 is 1.45 bits per heavy atom. The number of carbonyl (C=O) groups is 1. The summed E-state index contributed by atoms with van der Waals surface area (Å²) < 4.78 is 0. The fourth-order valence-corrected chi connectivity index (χ4v) is 2.89. The number of thiophene rings is 1. The van der Waals surface area contributed by atoms with Crippen LogP contribution in [-0.4, -0.2) is 29.7 Å². The van der Waals surface area contributed by atoms with Crippen LogP contribution in [0, 0.1) is 13.8 Å². The molecule has 106 valence electrons. The summed E-state index contributed by atoms with van der Waals surface area (Å²) in [6.45, 7) is 4.45. The highest BCUT2D eigenvalue weighted by atomic mass is 32.1. The zero-order chi connectivity index (χ0) is 14.7. The molecule has 0 radical (unpaired) electrons. The van der Waals surface area contributed by atoms with E-state index in [4.69, 9.17) is 0 Å². The molecule has 2 rings (SSSR count). The molecule has 5 heteroatoms. The lowest BCUT2D eigenvalue weighted by Gasteiger charge is -2.21. The summed E-state index contributed by atoms with van der Waals surface area (Å²) in [6, 6.07) is 5.92. The predicted molar refractivity (Wildman–Crippen MR) is 82.0 cm³/mol. The number of hydrogen-bond donors (Lipinski definition) is 1. The second-order valence-corrected chi connectivity index (χ2v) is 5.87. The molecule has 2 heterocycles. The normalized spacial score (nSPS) is 10.6. The maximum Gasteiger partial charge on any atom is 0.339 e. The molecular weight excluding hydrogens is 272 g/mol. The van der Waals surface area contributed by atoms with Crippen LogP contribution in [0.25, 0.3) is 0 Å². The smallest absolute Gasteiger partial charge is 0.339 e. The average molecular weight is 290 g/mol. The molecule has 0 saturated carbocycles. The van der Waals surface area contributed by atoms with Crippen molar-refractivity contribution in [3.8, 4) is 0 Å². The lowest BCUT2D eigenvalue weighted by molar-refractivity contribution is 0.0696. The maximum absolute atomic E-state index is 11.4. The van der Waals surface area contributed by atoms with Crippen molar-refractivity contribution in [2.24, 2.45) is 0 Å². The van der Waals surface area contributed by atoms with Gasteiger partial charge in [0.05, 0.1) is 0 Å². The van der Waals surface area contributed by atoms with Crippen molar-refractivity contribution in [3.63, 3.8) is 0 Å². The van der Waals surface area contributed by atoms with Crippen LogP contribution in [0.15, 0.2) is 23.6 Å². The van der Waals surface area contributed by atoms with Crippen LogP contribution in [0.3, 0.4) is 0 Å². The van der Waals surface area contributed by atoms with Gasteiger partial charge in [0, 0.05) is 24.2 Å². The average Bonchev–Trinajstić information content (AvgIpc) is 2.87. The van der Waals surface area contributed by atoms with Crippen molar-refractivity contribution in [1.29, 1.82) is 0 Å². The second-order valence-electron chi connectivity index (χ2n) is 4.84. The van der Waals surface area contributed by atoms with Crippen LogP contribution in [0.5, 0.6) is 0 Å². The molecule has 1 N–H and O–H groups in total. The van der Waals surface area contributed by atoms with Crippen LogP contribution in [0.1, 0.15) is 26.5 Å². The van der Waals surface area contributed by atoms with Crippen LogP contribution < -0.4 is 4.90 Å². The number of carboxylic acids is 1. The van der Waals surface area contributed by atoms with Crippen LogP contribution in [0.4, 0.5) is 5.82 Å². The van der Waals surface area contributed by atoms with Gasteiger partial charge in [-0.2, -0.15) is 0 Å². The highest BCUT2D eigenvalue weighted by Gasteiger charge is 2.18. The van der Waals surface area contributed by atoms with Crippen molar-refractivity contribution >= 4 is 23.1 Å². The highest BCUT2D eigenvalue weighted by Crippen LogP contribution is 2.22. The first kappa shape index (κ1) is 14.5. The van der Waals surface area contributed by atoms with Crippen molar-refractivity contribution in [1.82, 2.24) is 4.98 Å². The number of rotatable bonds is 5. The quantitative estimate of drug-likeness (QED) is 0.919.